The predicted molar refractivity (Wildman–Crippen MR) is 130 cm³/mol. The number of aryl methyl sites for hydroxylation is 1. The predicted octanol–water partition coefficient (Wildman–Crippen LogP) is 2.83. The van der Waals surface area contributed by atoms with Crippen molar-refractivity contribution in [3.8, 4) is 0 Å². The Balaban J connectivity index is 1.52. The highest BCUT2D eigenvalue weighted by Gasteiger charge is 2.48. The van der Waals surface area contributed by atoms with E-state index >= 15 is 0 Å². The highest BCUT2D eigenvalue weighted by atomic mass is 32.2. The number of carbonyl (C=O) groups is 1. The zero-order chi connectivity index (χ0) is 25.0. The fraction of sp³-hybridized carbons (Fsp3) is 0.480. The quantitative estimate of drug-likeness (QED) is 0.624. The van der Waals surface area contributed by atoms with E-state index in [2.05, 4.69) is 4.72 Å². The minimum atomic E-state index is -3.98. The second-order valence-electron chi connectivity index (χ2n) is 9.97. The number of carboxylic acid groups (broad SMARTS) is 1. The number of hydrogen-bond donors (Lipinski definition) is 2. The Hall–Kier alpha value is -2.27. The fourth-order valence-electron chi connectivity index (χ4n) is 6.12. The lowest BCUT2D eigenvalue weighted by atomic mass is 9.72. The van der Waals surface area contributed by atoms with E-state index in [1.165, 1.54) is 6.07 Å². The van der Waals surface area contributed by atoms with Crippen LogP contribution in [-0.4, -0.2) is 58.5 Å². The lowest BCUT2D eigenvalue weighted by Gasteiger charge is -2.38. The van der Waals surface area contributed by atoms with Crippen molar-refractivity contribution in [1.82, 2.24) is 9.62 Å². The van der Waals surface area contributed by atoms with Crippen molar-refractivity contribution >= 4 is 25.8 Å². The van der Waals surface area contributed by atoms with Crippen LogP contribution in [-0.2, 0) is 30.1 Å². The minimum Gasteiger partial charge on any atom is -0.480 e. The Morgan fingerprint density at radius 3 is 2.40 bits per heavy atom. The molecule has 5 rings (SSSR count). The van der Waals surface area contributed by atoms with Gasteiger partial charge in [0.15, 0.2) is 0 Å². The van der Waals surface area contributed by atoms with E-state index in [0.29, 0.717) is 37.1 Å². The van der Waals surface area contributed by atoms with Gasteiger partial charge >= 0.3 is 5.97 Å². The molecule has 0 bridgehead atoms. The van der Waals surface area contributed by atoms with Crippen molar-refractivity contribution in [2.75, 3.05) is 19.6 Å². The van der Waals surface area contributed by atoms with E-state index in [4.69, 9.17) is 5.11 Å². The summed E-state index contributed by atoms with van der Waals surface area (Å²) in [6, 6.07) is 9.92. The molecular formula is C25H30N2O6S2. The second-order valence-corrected chi connectivity index (χ2v) is 13.5. The number of nitrogens with zero attached hydrogens (tertiary/aromatic N) is 1. The molecule has 2 N–H and O–H groups in total. The molecule has 8 nitrogen and oxygen atoms in total. The number of carboxylic acids is 1. The molecule has 0 atom stereocenters. The van der Waals surface area contributed by atoms with Crippen LogP contribution in [0.2, 0.25) is 0 Å². The molecule has 3 aliphatic rings. The van der Waals surface area contributed by atoms with Crippen LogP contribution in [0.15, 0.2) is 51.1 Å². The number of benzene rings is 2. The molecule has 2 heterocycles. The van der Waals surface area contributed by atoms with Crippen LogP contribution in [0.1, 0.15) is 55.2 Å². The van der Waals surface area contributed by atoms with Gasteiger partial charge in [-0.05, 0) is 61.4 Å². The van der Waals surface area contributed by atoms with Crippen LogP contribution >= 0.6 is 0 Å². The molecular weight excluding hydrogens is 488 g/mol. The van der Waals surface area contributed by atoms with Crippen molar-refractivity contribution in [3.05, 3.63) is 53.1 Å². The number of fused-ring (bicyclic) bond motifs is 4. The van der Waals surface area contributed by atoms with Crippen LogP contribution in [0.25, 0.3) is 0 Å². The molecule has 0 unspecified atom stereocenters. The third-order valence-electron chi connectivity index (χ3n) is 7.79. The first-order valence-corrected chi connectivity index (χ1v) is 15.0. The highest BCUT2D eigenvalue weighted by molar-refractivity contribution is 7.92. The van der Waals surface area contributed by atoms with Gasteiger partial charge in [-0.2, -0.15) is 0 Å². The van der Waals surface area contributed by atoms with Gasteiger partial charge in [0.25, 0.3) is 0 Å². The summed E-state index contributed by atoms with van der Waals surface area (Å²) >= 11 is 0. The van der Waals surface area contributed by atoms with Crippen molar-refractivity contribution in [1.29, 1.82) is 0 Å². The summed E-state index contributed by atoms with van der Waals surface area (Å²) in [5, 5.41) is 8.97. The third kappa shape index (κ3) is 4.10. The summed E-state index contributed by atoms with van der Waals surface area (Å²) in [5.74, 6) is -0.906. The van der Waals surface area contributed by atoms with Gasteiger partial charge in [0.2, 0.25) is 19.9 Å². The summed E-state index contributed by atoms with van der Waals surface area (Å²) in [7, 11) is -7.85. The maximum absolute atomic E-state index is 13.7. The van der Waals surface area contributed by atoms with Crippen LogP contribution < -0.4 is 4.72 Å². The smallest absolute Gasteiger partial charge is 0.317 e. The molecule has 10 heteroatoms. The lowest BCUT2D eigenvalue weighted by molar-refractivity contribution is -0.138. The van der Waals surface area contributed by atoms with Crippen molar-refractivity contribution in [3.63, 3.8) is 0 Å². The molecule has 0 amide bonds. The van der Waals surface area contributed by atoms with E-state index < -0.39 is 31.2 Å². The molecule has 2 aliphatic heterocycles. The molecule has 2 fully saturated rings. The molecule has 0 aromatic heterocycles. The van der Waals surface area contributed by atoms with Crippen molar-refractivity contribution in [2.45, 2.75) is 71.6 Å². The summed E-state index contributed by atoms with van der Waals surface area (Å²) in [5.41, 5.74) is 1.66. The Bertz CT molecular complexity index is 1390. The number of likely N-dealkylation sites (tertiary alicyclic amines) is 1. The number of sulfone groups is 1. The number of hydrogen-bond acceptors (Lipinski definition) is 6. The molecule has 35 heavy (non-hydrogen) atoms. The van der Waals surface area contributed by atoms with E-state index in [1.807, 2.05) is 12.1 Å². The van der Waals surface area contributed by atoms with E-state index in [1.54, 1.807) is 30.0 Å². The van der Waals surface area contributed by atoms with Gasteiger partial charge in [-0.25, -0.2) is 21.6 Å². The van der Waals surface area contributed by atoms with E-state index in [-0.39, 0.29) is 27.3 Å². The largest absolute Gasteiger partial charge is 0.480 e. The maximum atomic E-state index is 13.7. The highest BCUT2D eigenvalue weighted by Crippen LogP contribution is 2.54. The summed E-state index contributed by atoms with van der Waals surface area (Å²) < 4.78 is 56.9. The molecule has 1 saturated heterocycles. The first kappa shape index (κ1) is 24.4. The molecule has 1 saturated carbocycles. The molecule has 1 spiro atoms. The van der Waals surface area contributed by atoms with E-state index in [9.17, 15) is 21.6 Å². The normalized spacial score (nSPS) is 21.5. The van der Waals surface area contributed by atoms with Crippen LogP contribution in [0.4, 0.5) is 0 Å². The number of nitrogens with one attached hydrogen (secondary N) is 1. The van der Waals surface area contributed by atoms with Gasteiger partial charge < -0.3 is 5.11 Å². The van der Waals surface area contributed by atoms with Crippen LogP contribution in [0, 0.1) is 6.92 Å². The maximum Gasteiger partial charge on any atom is 0.317 e. The average Bonchev–Trinajstić information content (AvgIpc) is 3.29. The first-order valence-electron chi connectivity index (χ1n) is 12.0. The third-order valence-corrected chi connectivity index (χ3v) is 11.3. The molecule has 1 aliphatic carbocycles. The van der Waals surface area contributed by atoms with Crippen molar-refractivity contribution < 1.29 is 26.7 Å². The van der Waals surface area contributed by atoms with Gasteiger partial charge in [0.05, 0.1) is 21.2 Å². The monoisotopic (exact) mass is 518 g/mol. The van der Waals surface area contributed by atoms with Gasteiger partial charge in [0, 0.05) is 24.5 Å². The van der Waals surface area contributed by atoms with Gasteiger partial charge in [0.1, 0.15) is 0 Å². The summed E-state index contributed by atoms with van der Waals surface area (Å²) in [6.45, 7) is 2.62. The number of sulfonamides is 1. The minimum absolute atomic E-state index is 0.0136. The molecule has 2 aromatic rings. The average molecular weight is 519 g/mol. The number of rotatable bonds is 5. The fourth-order valence-corrected chi connectivity index (χ4v) is 9.61. The first-order chi connectivity index (χ1) is 16.5. The van der Waals surface area contributed by atoms with Gasteiger partial charge in [-0.15, -0.1) is 0 Å². The SMILES string of the molecule is Cc1cc2c(cc1S(=O)(=O)NC1CCN(CC(=O)O)CC1)S(=O)(=O)c1ccccc1C21CCCC1. The zero-order valence-electron chi connectivity index (χ0n) is 19.7. The van der Waals surface area contributed by atoms with Crippen LogP contribution in [0.3, 0.4) is 0 Å². The number of piperidine rings is 1. The Labute approximate surface area is 206 Å². The zero-order valence-corrected chi connectivity index (χ0v) is 21.3. The Kier molecular flexibility index (Phi) is 6.06. The van der Waals surface area contributed by atoms with Gasteiger partial charge in [-0.3, -0.25) is 9.69 Å². The Morgan fingerprint density at radius 2 is 1.74 bits per heavy atom. The van der Waals surface area contributed by atoms with Gasteiger partial charge in [-0.1, -0.05) is 37.1 Å². The Morgan fingerprint density at radius 1 is 1.09 bits per heavy atom. The molecule has 2 aromatic carbocycles. The van der Waals surface area contributed by atoms with Crippen molar-refractivity contribution in [2.24, 2.45) is 0 Å². The topological polar surface area (TPSA) is 121 Å². The molecule has 188 valence electrons. The van der Waals surface area contributed by atoms with E-state index in [0.717, 1.165) is 31.2 Å². The lowest BCUT2D eigenvalue weighted by Crippen LogP contribution is -2.46. The molecule has 0 radical (unpaired) electrons. The second kappa shape index (κ2) is 8.69. The standard InChI is InChI=1S/C25H30N2O6S2/c1-17-14-20-23(34(30,31)21-7-3-2-6-19(21)25(20)10-4-5-11-25)15-22(17)35(32,33)26-18-8-12-27(13-9-18)16-24(28)29/h2-3,6-7,14-15,18,26H,4-5,8-13,16H2,1H3,(H,28,29). The summed E-state index contributed by atoms with van der Waals surface area (Å²) in [6.07, 6.45) is 4.65. The number of aliphatic carboxylic acids is 1. The summed E-state index contributed by atoms with van der Waals surface area (Å²) in [4.78, 5) is 13.1. The van der Waals surface area contributed by atoms with Crippen LogP contribution in [0.5, 0.6) is 0 Å².